The second kappa shape index (κ2) is 11.1. The Labute approximate surface area is 182 Å². The summed E-state index contributed by atoms with van der Waals surface area (Å²) in [5.41, 5.74) is 3.71. The topological polar surface area (TPSA) is 84.5 Å². The van der Waals surface area contributed by atoms with Crippen LogP contribution in [0.3, 0.4) is 0 Å². The van der Waals surface area contributed by atoms with Crippen LogP contribution < -0.4 is 10.6 Å². The second-order valence-electron chi connectivity index (χ2n) is 7.71. The number of hydrogen-bond donors (Lipinski definition) is 2. The zero-order valence-corrected chi connectivity index (χ0v) is 17.7. The number of esters is 1. The van der Waals surface area contributed by atoms with Crippen LogP contribution in [0, 0.1) is 6.92 Å². The maximum atomic E-state index is 12.0. The van der Waals surface area contributed by atoms with Gasteiger partial charge in [0.05, 0.1) is 6.54 Å². The normalized spacial score (nSPS) is 13.1. The first-order valence-corrected chi connectivity index (χ1v) is 10.6. The molecule has 0 aliphatic heterocycles. The number of carbonyl (C=O) groups excluding carboxylic acids is 3. The van der Waals surface area contributed by atoms with Gasteiger partial charge in [0.15, 0.2) is 0 Å². The molecule has 1 aliphatic carbocycles. The minimum absolute atomic E-state index is 0.0710. The third-order valence-corrected chi connectivity index (χ3v) is 4.93. The Morgan fingerprint density at radius 1 is 1.03 bits per heavy atom. The Kier molecular flexibility index (Phi) is 7.98. The molecule has 3 rings (SSSR count). The van der Waals surface area contributed by atoms with E-state index in [0.717, 1.165) is 24.0 Å². The standard InChI is InChI=1S/C25H28N2O4/c1-18-2-4-19(5-3-18)8-14-23(28)26-16-17-31-24(29)15-9-20-6-10-21(11-7-20)25(30)27-22-12-13-22/h2-7,9-11,15,22H,8,12-14,16-17H2,1H3,(H,26,28)(H,27,30)/b15-9+. The molecule has 6 heteroatoms. The molecule has 0 spiro atoms. The van der Waals surface area contributed by atoms with E-state index in [1.807, 2.05) is 31.2 Å². The van der Waals surface area contributed by atoms with E-state index in [4.69, 9.17) is 4.74 Å². The van der Waals surface area contributed by atoms with E-state index in [1.54, 1.807) is 30.3 Å². The van der Waals surface area contributed by atoms with Gasteiger partial charge < -0.3 is 15.4 Å². The van der Waals surface area contributed by atoms with E-state index in [-0.39, 0.29) is 25.0 Å². The number of ether oxygens (including phenoxy) is 1. The quantitative estimate of drug-likeness (QED) is 0.351. The zero-order chi connectivity index (χ0) is 22.1. The molecular weight excluding hydrogens is 392 g/mol. The molecule has 0 bridgehead atoms. The number of rotatable bonds is 10. The maximum absolute atomic E-state index is 12.0. The van der Waals surface area contributed by atoms with E-state index in [9.17, 15) is 14.4 Å². The lowest BCUT2D eigenvalue weighted by Crippen LogP contribution is -2.28. The number of hydrogen-bond acceptors (Lipinski definition) is 4. The highest BCUT2D eigenvalue weighted by molar-refractivity contribution is 5.95. The van der Waals surface area contributed by atoms with Gasteiger partial charge >= 0.3 is 5.97 Å². The summed E-state index contributed by atoms with van der Waals surface area (Å²) >= 11 is 0. The largest absolute Gasteiger partial charge is 0.461 e. The molecule has 1 saturated carbocycles. The number of nitrogens with one attached hydrogen (secondary N) is 2. The number of aryl methyl sites for hydroxylation is 2. The van der Waals surface area contributed by atoms with Crippen molar-refractivity contribution in [3.63, 3.8) is 0 Å². The highest BCUT2D eigenvalue weighted by Crippen LogP contribution is 2.19. The highest BCUT2D eigenvalue weighted by Gasteiger charge is 2.23. The third-order valence-electron chi connectivity index (χ3n) is 4.93. The van der Waals surface area contributed by atoms with Crippen LogP contribution in [0.5, 0.6) is 0 Å². The molecule has 31 heavy (non-hydrogen) atoms. The Hall–Kier alpha value is -3.41. The molecule has 6 nitrogen and oxygen atoms in total. The van der Waals surface area contributed by atoms with Crippen molar-refractivity contribution in [2.45, 2.75) is 38.6 Å². The fraction of sp³-hybridized carbons (Fsp3) is 0.320. The second-order valence-corrected chi connectivity index (χ2v) is 7.71. The molecule has 2 aromatic carbocycles. The summed E-state index contributed by atoms with van der Waals surface area (Å²) in [4.78, 5) is 35.7. The van der Waals surface area contributed by atoms with Crippen molar-refractivity contribution in [1.82, 2.24) is 10.6 Å². The van der Waals surface area contributed by atoms with Gasteiger partial charge in [0.25, 0.3) is 5.91 Å². The van der Waals surface area contributed by atoms with Crippen LogP contribution in [0.15, 0.2) is 54.6 Å². The molecule has 1 fully saturated rings. The first kappa shape index (κ1) is 22.3. The lowest BCUT2D eigenvalue weighted by atomic mass is 10.1. The van der Waals surface area contributed by atoms with E-state index >= 15 is 0 Å². The summed E-state index contributed by atoms with van der Waals surface area (Å²) in [7, 11) is 0. The van der Waals surface area contributed by atoms with Crippen molar-refractivity contribution in [3.8, 4) is 0 Å². The van der Waals surface area contributed by atoms with Crippen molar-refractivity contribution < 1.29 is 19.1 Å². The van der Waals surface area contributed by atoms with Gasteiger partial charge in [-0.1, -0.05) is 42.0 Å². The summed E-state index contributed by atoms with van der Waals surface area (Å²) in [6, 6.07) is 15.4. The Morgan fingerprint density at radius 2 is 1.74 bits per heavy atom. The average molecular weight is 421 g/mol. The van der Waals surface area contributed by atoms with E-state index in [0.29, 0.717) is 24.4 Å². The summed E-state index contributed by atoms with van der Waals surface area (Å²) in [6.45, 7) is 2.41. The molecule has 0 atom stereocenters. The molecule has 1 aliphatic rings. The van der Waals surface area contributed by atoms with Crippen molar-refractivity contribution in [1.29, 1.82) is 0 Å². The third kappa shape index (κ3) is 8.09. The summed E-state index contributed by atoms with van der Waals surface area (Å²) in [5.74, 6) is -0.624. The Bertz CT molecular complexity index is 929. The molecule has 0 unspecified atom stereocenters. The van der Waals surface area contributed by atoms with Gasteiger partial charge in [-0.05, 0) is 55.5 Å². The SMILES string of the molecule is Cc1ccc(CCC(=O)NCCOC(=O)/C=C/c2ccc(C(=O)NC3CC3)cc2)cc1. The number of carbonyl (C=O) groups is 3. The van der Waals surface area contributed by atoms with E-state index in [1.165, 1.54) is 11.6 Å². The van der Waals surface area contributed by atoms with Crippen LogP contribution in [0.1, 0.15) is 46.3 Å². The van der Waals surface area contributed by atoms with Crippen LogP contribution in [0.2, 0.25) is 0 Å². The van der Waals surface area contributed by atoms with Gasteiger partial charge in [-0.15, -0.1) is 0 Å². The van der Waals surface area contributed by atoms with E-state index in [2.05, 4.69) is 10.6 Å². The van der Waals surface area contributed by atoms with Crippen LogP contribution in [-0.4, -0.2) is 37.0 Å². The monoisotopic (exact) mass is 420 g/mol. The minimum atomic E-state index is -0.482. The molecule has 162 valence electrons. The lowest BCUT2D eigenvalue weighted by Gasteiger charge is -2.06. The van der Waals surface area contributed by atoms with Gasteiger partial charge in [0.1, 0.15) is 6.61 Å². The molecule has 0 saturated heterocycles. The predicted octanol–water partition coefficient (Wildman–Crippen LogP) is 3.19. The van der Waals surface area contributed by atoms with Crippen LogP contribution in [0.4, 0.5) is 0 Å². The van der Waals surface area contributed by atoms with Gasteiger partial charge in [0, 0.05) is 24.1 Å². The van der Waals surface area contributed by atoms with E-state index < -0.39 is 5.97 Å². The number of benzene rings is 2. The highest BCUT2D eigenvalue weighted by atomic mass is 16.5. The fourth-order valence-electron chi connectivity index (χ4n) is 2.90. The molecule has 0 radical (unpaired) electrons. The predicted molar refractivity (Wildman–Crippen MR) is 119 cm³/mol. The Morgan fingerprint density at radius 3 is 2.42 bits per heavy atom. The average Bonchev–Trinajstić information content (AvgIpc) is 3.59. The summed E-state index contributed by atoms with van der Waals surface area (Å²) in [5, 5.41) is 5.68. The van der Waals surface area contributed by atoms with Crippen molar-refractivity contribution in [2.24, 2.45) is 0 Å². The molecule has 2 aromatic rings. The maximum Gasteiger partial charge on any atom is 0.330 e. The smallest absolute Gasteiger partial charge is 0.330 e. The van der Waals surface area contributed by atoms with Crippen molar-refractivity contribution >= 4 is 23.9 Å². The van der Waals surface area contributed by atoms with Gasteiger partial charge in [-0.3, -0.25) is 9.59 Å². The van der Waals surface area contributed by atoms with Crippen molar-refractivity contribution in [2.75, 3.05) is 13.2 Å². The minimum Gasteiger partial charge on any atom is -0.461 e. The lowest BCUT2D eigenvalue weighted by molar-refractivity contribution is -0.138. The first-order valence-electron chi connectivity index (χ1n) is 10.6. The summed E-state index contributed by atoms with van der Waals surface area (Å²) in [6.07, 6.45) is 6.13. The molecule has 0 heterocycles. The Balaban J connectivity index is 1.30. The number of amides is 2. The van der Waals surface area contributed by atoms with Crippen molar-refractivity contribution in [3.05, 3.63) is 76.9 Å². The van der Waals surface area contributed by atoms with Gasteiger partial charge in [-0.25, -0.2) is 4.79 Å². The van der Waals surface area contributed by atoms with Gasteiger partial charge in [-0.2, -0.15) is 0 Å². The molecule has 2 amide bonds. The van der Waals surface area contributed by atoms with Crippen LogP contribution >= 0.6 is 0 Å². The molecular formula is C25H28N2O4. The summed E-state index contributed by atoms with van der Waals surface area (Å²) < 4.78 is 5.10. The fourth-order valence-corrected chi connectivity index (χ4v) is 2.90. The van der Waals surface area contributed by atoms with Crippen LogP contribution in [-0.2, 0) is 20.7 Å². The van der Waals surface area contributed by atoms with Gasteiger partial charge in [0.2, 0.25) is 5.91 Å². The molecule has 2 N–H and O–H groups in total. The molecule has 0 aromatic heterocycles. The van der Waals surface area contributed by atoms with Crippen LogP contribution in [0.25, 0.3) is 6.08 Å². The first-order chi connectivity index (χ1) is 15.0. The zero-order valence-electron chi connectivity index (χ0n) is 17.7.